The van der Waals surface area contributed by atoms with Gasteiger partial charge in [-0.25, -0.2) is 4.79 Å². The maximum absolute atomic E-state index is 9.15. The molecule has 0 aliphatic carbocycles. The SMILES string of the molecule is COC(=O)O.OCCCCO. The van der Waals surface area contributed by atoms with E-state index in [1.54, 1.807) is 0 Å². The standard InChI is InChI=1S/C4H10O2.C2H4O3/c5-3-1-2-4-6;1-5-2(3)4/h5-6H,1-4H2;1H3,(H,3,4). The Morgan fingerprint density at radius 2 is 1.55 bits per heavy atom. The zero-order valence-electron chi connectivity index (χ0n) is 6.49. The second kappa shape index (κ2) is 11.9. The zero-order chi connectivity index (χ0) is 9.11. The molecule has 0 aromatic carbocycles. The van der Waals surface area contributed by atoms with Crippen LogP contribution in [0, 0.1) is 0 Å². The Morgan fingerprint density at radius 3 is 1.64 bits per heavy atom. The molecule has 0 unspecified atom stereocenters. The lowest BCUT2D eigenvalue weighted by atomic mass is 10.3. The number of ether oxygens (including phenoxy) is 1. The van der Waals surface area contributed by atoms with Crippen molar-refractivity contribution < 1.29 is 24.9 Å². The van der Waals surface area contributed by atoms with Crippen molar-refractivity contribution >= 4 is 6.16 Å². The summed E-state index contributed by atoms with van der Waals surface area (Å²) in [6.07, 6.45) is 0.192. The van der Waals surface area contributed by atoms with Crippen LogP contribution in [0.1, 0.15) is 12.8 Å². The van der Waals surface area contributed by atoms with Gasteiger partial charge in [-0.3, -0.25) is 0 Å². The number of carboxylic acid groups (broad SMARTS) is 1. The third-order valence-electron chi connectivity index (χ3n) is 0.741. The first-order valence-corrected chi connectivity index (χ1v) is 3.17. The molecule has 0 saturated carbocycles. The van der Waals surface area contributed by atoms with Crippen molar-refractivity contribution in [3.8, 4) is 0 Å². The van der Waals surface area contributed by atoms with Crippen molar-refractivity contribution in [2.24, 2.45) is 0 Å². The fraction of sp³-hybridized carbons (Fsp3) is 0.833. The molecule has 0 spiro atoms. The van der Waals surface area contributed by atoms with Gasteiger partial charge in [-0.1, -0.05) is 0 Å². The maximum atomic E-state index is 9.15. The van der Waals surface area contributed by atoms with E-state index in [9.17, 15) is 0 Å². The van der Waals surface area contributed by atoms with E-state index in [0.29, 0.717) is 0 Å². The Morgan fingerprint density at radius 1 is 1.27 bits per heavy atom. The number of unbranched alkanes of at least 4 members (excludes halogenated alkanes) is 1. The first-order chi connectivity index (χ1) is 5.18. The molecule has 5 heteroatoms. The Bertz CT molecular complexity index is 79.0. The highest BCUT2D eigenvalue weighted by atomic mass is 16.6. The molecule has 0 fully saturated rings. The lowest BCUT2D eigenvalue weighted by molar-refractivity contribution is 0.114. The number of hydrogen-bond acceptors (Lipinski definition) is 4. The number of hydrogen-bond donors (Lipinski definition) is 3. The highest BCUT2D eigenvalue weighted by Crippen LogP contribution is 1.80. The van der Waals surface area contributed by atoms with Crippen LogP contribution in [0.4, 0.5) is 4.79 Å². The second-order valence-corrected chi connectivity index (χ2v) is 1.62. The van der Waals surface area contributed by atoms with Crippen LogP contribution in [0.2, 0.25) is 0 Å². The summed E-state index contributed by atoms with van der Waals surface area (Å²) in [5.41, 5.74) is 0. The predicted octanol–water partition coefficient (Wildman–Crippen LogP) is 0.0620. The fourth-order valence-corrected chi connectivity index (χ4v) is 0.224. The maximum Gasteiger partial charge on any atom is 0.505 e. The summed E-state index contributed by atoms with van der Waals surface area (Å²) in [7, 11) is 1.10. The summed E-state index contributed by atoms with van der Waals surface area (Å²) >= 11 is 0. The molecule has 0 heterocycles. The number of carbonyl (C=O) groups is 1. The van der Waals surface area contributed by atoms with E-state index in [4.69, 9.17) is 20.1 Å². The minimum absolute atomic E-state index is 0.195. The number of rotatable bonds is 3. The first-order valence-electron chi connectivity index (χ1n) is 3.17. The Labute approximate surface area is 65.2 Å². The highest BCUT2D eigenvalue weighted by Gasteiger charge is 1.80. The molecule has 11 heavy (non-hydrogen) atoms. The van der Waals surface area contributed by atoms with Crippen LogP contribution in [-0.4, -0.2) is 41.8 Å². The fourth-order valence-electron chi connectivity index (χ4n) is 0.224. The number of methoxy groups -OCH3 is 1. The summed E-state index contributed by atoms with van der Waals surface area (Å²) in [5, 5.41) is 23.7. The van der Waals surface area contributed by atoms with Gasteiger partial charge in [-0.05, 0) is 12.8 Å². The van der Waals surface area contributed by atoms with Gasteiger partial charge >= 0.3 is 6.16 Å². The Kier molecular flexibility index (Phi) is 13.9. The average Bonchev–Trinajstić information content (AvgIpc) is 2.02. The molecule has 0 rings (SSSR count). The zero-order valence-corrected chi connectivity index (χ0v) is 6.49. The predicted molar refractivity (Wildman–Crippen MR) is 38.4 cm³/mol. The van der Waals surface area contributed by atoms with Crippen molar-refractivity contribution in [3.63, 3.8) is 0 Å². The summed E-state index contributed by atoms with van der Waals surface area (Å²) in [5.74, 6) is 0. The third kappa shape index (κ3) is 27.1. The smallest absolute Gasteiger partial charge is 0.450 e. The molecule has 0 aromatic rings. The van der Waals surface area contributed by atoms with Gasteiger partial charge in [0.1, 0.15) is 0 Å². The van der Waals surface area contributed by atoms with Gasteiger partial charge in [0.2, 0.25) is 0 Å². The molecule has 0 amide bonds. The molecule has 5 nitrogen and oxygen atoms in total. The number of aliphatic hydroxyl groups excluding tert-OH is 2. The summed E-state index contributed by atoms with van der Waals surface area (Å²) in [6.45, 7) is 0.390. The van der Waals surface area contributed by atoms with Gasteiger partial charge < -0.3 is 20.1 Å². The van der Waals surface area contributed by atoms with Gasteiger partial charge in [0.05, 0.1) is 7.11 Å². The van der Waals surface area contributed by atoms with E-state index in [0.717, 1.165) is 20.0 Å². The Hall–Kier alpha value is -0.810. The van der Waals surface area contributed by atoms with Crippen molar-refractivity contribution in [1.29, 1.82) is 0 Å². The van der Waals surface area contributed by atoms with Gasteiger partial charge in [0.25, 0.3) is 0 Å². The normalized spacial score (nSPS) is 7.91. The minimum atomic E-state index is -1.25. The molecule has 0 aromatic heterocycles. The van der Waals surface area contributed by atoms with Crippen molar-refractivity contribution in [1.82, 2.24) is 0 Å². The molecule has 0 bridgehead atoms. The van der Waals surface area contributed by atoms with Crippen molar-refractivity contribution in [3.05, 3.63) is 0 Å². The van der Waals surface area contributed by atoms with Crippen LogP contribution in [-0.2, 0) is 4.74 Å². The summed E-state index contributed by atoms with van der Waals surface area (Å²) in [4.78, 5) is 9.15. The molecule has 0 radical (unpaired) electrons. The van der Waals surface area contributed by atoms with Gasteiger partial charge in [-0.15, -0.1) is 0 Å². The van der Waals surface area contributed by atoms with E-state index < -0.39 is 6.16 Å². The Balaban J connectivity index is 0. The van der Waals surface area contributed by atoms with Crippen LogP contribution in [0.25, 0.3) is 0 Å². The largest absolute Gasteiger partial charge is 0.505 e. The topological polar surface area (TPSA) is 87.0 Å². The second-order valence-electron chi connectivity index (χ2n) is 1.62. The van der Waals surface area contributed by atoms with Gasteiger partial charge in [0.15, 0.2) is 0 Å². The molecular formula is C6H14O5. The van der Waals surface area contributed by atoms with E-state index in [-0.39, 0.29) is 13.2 Å². The molecule has 0 aliphatic rings. The molecular weight excluding hydrogens is 152 g/mol. The quantitative estimate of drug-likeness (QED) is 0.407. The average molecular weight is 166 g/mol. The van der Waals surface area contributed by atoms with Crippen LogP contribution < -0.4 is 0 Å². The van der Waals surface area contributed by atoms with E-state index in [1.165, 1.54) is 0 Å². The monoisotopic (exact) mass is 166 g/mol. The molecule has 68 valence electrons. The van der Waals surface area contributed by atoms with E-state index in [2.05, 4.69) is 4.74 Å². The van der Waals surface area contributed by atoms with Crippen LogP contribution in [0.5, 0.6) is 0 Å². The lowest BCUT2D eigenvalue weighted by Gasteiger charge is -1.85. The van der Waals surface area contributed by atoms with Crippen LogP contribution in [0.3, 0.4) is 0 Å². The van der Waals surface area contributed by atoms with Crippen molar-refractivity contribution in [2.75, 3.05) is 20.3 Å². The molecule has 0 aliphatic heterocycles. The molecule has 0 saturated heterocycles. The summed E-state index contributed by atoms with van der Waals surface area (Å²) < 4.78 is 3.67. The van der Waals surface area contributed by atoms with Crippen LogP contribution in [0.15, 0.2) is 0 Å². The third-order valence-corrected chi connectivity index (χ3v) is 0.741. The number of aliphatic hydroxyl groups is 2. The van der Waals surface area contributed by atoms with Crippen molar-refractivity contribution in [2.45, 2.75) is 12.8 Å². The van der Waals surface area contributed by atoms with E-state index in [1.807, 2.05) is 0 Å². The highest BCUT2D eigenvalue weighted by molar-refractivity contribution is 5.56. The first kappa shape index (κ1) is 12.8. The van der Waals surface area contributed by atoms with Gasteiger partial charge in [-0.2, -0.15) is 0 Å². The van der Waals surface area contributed by atoms with Crippen LogP contribution >= 0.6 is 0 Å². The van der Waals surface area contributed by atoms with Gasteiger partial charge in [0, 0.05) is 13.2 Å². The molecule has 0 atom stereocenters. The minimum Gasteiger partial charge on any atom is -0.450 e. The molecule has 3 N–H and O–H groups in total. The van der Waals surface area contributed by atoms with E-state index >= 15 is 0 Å². The lowest BCUT2D eigenvalue weighted by Crippen LogP contribution is -1.91. The summed E-state index contributed by atoms with van der Waals surface area (Å²) in [6, 6.07) is 0.